The zero-order valence-electron chi connectivity index (χ0n) is 11.4. The van der Waals surface area contributed by atoms with Gasteiger partial charge in [-0.2, -0.15) is 0 Å². The Labute approximate surface area is 106 Å². The zero-order valence-corrected chi connectivity index (χ0v) is 11.4. The van der Waals surface area contributed by atoms with Crippen molar-refractivity contribution < 1.29 is 0 Å². The van der Waals surface area contributed by atoms with Gasteiger partial charge in [0.1, 0.15) is 0 Å². The number of nitrogens with one attached hydrogen (secondary N) is 1. The van der Waals surface area contributed by atoms with E-state index in [1.54, 1.807) is 5.56 Å². The summed E-state index contributed by atoms with van der Waals surface area (Å²) >= 11 is 0. The molecule has 0 amide bonds. The molecule has 94 valence electrons. The van der Waals surface area contributed by atoms with E-state index in [0.29, 0.717) is 0 Å². The van der Waals surface area contributed by atoms with Crippen molar-refractivity contribution >= 4 is 0 Å². The van der Waals surface area contributed by atoms with Crippen molar-refractivity contribution in [2.24, 2.45) is 0 Å². The monoisotopic (exact) mass is 231 g/mol. The van der Waals surface area contributed by atoms with Gasteiger partial charge in [-0.1, -0.05) is 31.5 Å². The standard InChI is InChI=1S/C16H25N/c1-4-17-15-9-6-8-14(11-15)16-10-5-7-12(2)13(16)3/h5,7,10,14-15,17H,4,6,8-9,11H2,1-3H3. The molecule has 2 atom stereocenters. The van der Waals surface area contributed by atoms with Crippen molar-refractivity contribution in [3.05, 3.63) is 34.9 Å². The van der Waals surface area contributed by atoms with Gasteiger partial charge in [0.05, 0.1) is 0 Å². The van der Waals surface area contributed by atoms with Gasteiger partial charge in [0.25, 0.3) is 0 Å². The smallest absolute Gasteiger partial charge is 0.00727 e. The van der Waals surface area contributed by atoms with Crippen LogP contribution < -0.4 is 5.32 Å². The molecule has 0 aliphatic heterocycles. The second-order valence-corrected chi connectivity index (χ2v) is 5.41. The average molecular weight is 231 g/mol. The Hall–Kier alpha value is -0.820. The molecule has 0 radical (unpaired) electrons. The van der Waals surface area contributed by atoms with E-state index in [9.17, 15) is 0 Å². The summed E-state index contributed by atoms with van der Waals surface area (Å²) in [6.45, 7) is 7.82. The zero-order chi connectivity index (χ0) is 12.3. The first-order valence-electron chi connectivity index (χ1n) is 7.02. The van der Waals surface area contributed by atoms with Crippen molar-refractivity contribution in [2.75, 3.05) is 6.54 Å². The molecule has 0 heterocycles. The van der Waals surface area contributed by atoms with Gasteiger partial charge in [0.2, 0.25) is 0 Å². The van der Waals surface area contributed by atoms with E-state index in [1.165, 1.54) is 36.8 Å². The van der Waals surface area contributed by atoms with Crippen LogP contribution in [-0.4, -0.2) is 12.6 Å². The van der Waals surface area contributed by atoms with Crippen molar-refractivity contribution in [1.29, 1.82) is 0 Å². The molecule has 2 rings (SSSR count). The van der Waals surface area contributed by atoms with Gasteiger partial charge < -0.3 is 5.32 Å². The van der Waals surface area contributed by atoms with Crippen LogP contribution >= 0.6 is 0 Å². The average Bonchev–Trinajstić information content (AvgIpc) is 2.33. The largest absolute Gasteiger partial charge is 0.314 e. The van der Waals surface area contributed by atoms with Crippen LogP contribution in [0, 0.1) is 13.8 Å². The van der Waals surface area contributed by atoms with E-state index >= 15 is 0 Å². The molecule has 0 spiro atoms. The maximum atomic E-state index is 3.62. The van der Waals surface area contributed by atoms with E-state index in [0.717, 1.165) is 18.5 Å². The predicted octanol–water partition coefficient (Wildman–Crippen LogP) is 3.94. The molecule has 1 aliphatic carbocycles. The number of rotatable bonds is 3. The Kier molecular flexibility index (Phi) is 4.22. The van der Waals surface area contributed by atoms with Gasteiger partial charge in [-0.3, -0.25) is 0 Å². The third-order valence-electron chi connectivity index (χ3n) is 4.25. The topological polar surface area (TPSA) is 12.0 Å². The molecular weight excluding hydrogens is 206 g/mol. The molecule has 1 heteroatoms. The molecular formula is C16H25N. The van der Waals surface area contributed by atoms with E-state index in [-0.39, 0.29) is 0 Å². The lowest BCUT2D eigenvalue weighted by Gasteiger charge is -2.31. The number of aryl methyl sites for hydroxylation is 1. The quantitative estimate of drug-likeness (QED) is 0.831. The number of hydrogen-bond acceptors (Lipinski definition) is 1. The highest BCUT2D eigenvalue weighted by Crippen LogP contribution is 2.35. The van der Waals surface area contributed by atoms with E-state index in [1.807, 2.05) is 0 Å². The first-order valence-corrected chi connectivity index (χ1v) is 7.02. The van der Waals surface area contributed by atoms with Gasteiger partial charge in [-0.05, 0) is 62.3 Å². The summed E-state index contributed by atoms with van der Waals surface area (Å²) in [6, 6.07) is 7.51. The maximum absolute atomic E-state index is 3.62. The summed E-state index contributed by atoms with van der Waals surface area (Å²) in [5, 5.41) is 3.62. The van der Waals surface area contributed by atoms with Crippen LogP contribution in [0.1, 0.15) is 55.2 Å². The molecule has 0 aromatic heterocycles. The van der Waals surface area contributed by atoms with Gasteiger partial charge in [-0.15, -0.1) is 0 Å². The maximum Gasteiger partial charge on any atom is 0.00727 e. The highest BCUT2D eigenvalue weighted by molar-refractivity contribution is 5.36. The van der Waals surface area contributed by atoms with Gasteiger partial charge in [0, 0.05) is 6.04 Å². The lowest BCUT2D eigenvalue weighted by molar-refractivity contribution is 0.344. The fourth-order valence-corrected chi connectivity index (χ4v) is 3.16. The normalized spacial score (nSPS) is 24.9. The summed E-state index contributed by atoms with van der Waals surface area (Å²) < 4.78 is 0. The Morgan fingerprint density at radius 1 is 1.24 bits per heavy atom. The molecule has 17 heavy (non-hydrogen) atoms. The second-order valence-electron chi connectivity index (χ2n) is 5.41. The third kappa shape index (κ3) is 2.90. The second kappa shape index (κ2) is 5.68. The summed E-state index contributed by atoms with van der Waals surface area (Å²) in [5.41, 5.74) is 4.54. The SMILES string of the molecule is CCNC1CCCC(c2cccc(C)c2C)C1. The molecule has 1 nitrogen and oxygen atoms in total. The van der Waals surface area contributed by atoms with Gasteiger partial charge >= 0.3 is 0 Å². The molecule has 1 saturated carbocycles. The summed E-state index contributed by atoms with van der Waals surface area (Å²) in [5.74, 6) is 0.771. The molecule has 2 unspecified atom stereocenters. The Bertz CT molecular complexity index is 368. The van der Waals surface area contributed by atoms with E-state index in [2.05, 4.69) is 44.3 Å². The van der Waals surface area contributed by atoms with Crippen LogP contribution in [0.25, 0.3) is 0 Å². The molecule has 1 aliphatic rings. The van der Waals surface area contributed by atoms with Crippen LogP contribution in [0.3, 0.4) is 0 Å². The molecule has 1 fully saturated rings. The van der Waals surface area contributed by atoms with Crippen LogP contribution in [0.2, 0.25) is 0 Å². The number of benzene rings is 1. The first-order chi connectivity index (χ1) is 8.22. The van der Waals surface area contributed by atoms with Crippen molar-refractivity contribution in [2.45, 2.75) is 58.4 Å². The van der Waals surface area contributed by atoms with Crippen molar-refractivity contribution in [3.8, 4) is 0 Å². The van der Waals surface area contributed by atoms with Crippen LogP contribution in [0.15, 0.2) is 18.2 Å². The lowest BCUT2D eigenvalue weighted by Crippen LogP contribution is -2.33. The molecule has 1 N–H and O–H groups in total. The van der Waals surface area contributed by atoms with Gasteiger partial charge in [-0.25, -0.2) is 0 Å². The van der Waals surface area contributed by atoms with Crippen LogP contribution in [0.4, 0.5) is 0 Å². The lowest BCUT2D eigenvalue weighted by atomic mass is 9.79. The first kappa shape index (κ1) is 12.6. The fourth-order valence-electron chi connectivity index (χ4n) is 3.16. The van der Waals surface area contributed by atoms with Crippen LogP contribution in [0.5, 0.6) is 0 Å². The van der Waals surface area contributed by atoms with Crippen molar-refractivity contribution in [1.82, 2.24) is 5.32 Å². The van der Waals surface area contributed by atoms with Gasteiger partial charge in [0.15, 0.2) is 0 Å². The summed E-state index contributed by atoms with van der Waals surface area (Å²) in [6.07, 6.45) is 5.41. The molecule has 0 bridgehead atoms. The highest BCUT2D eigenvalue weighted by Gasteiger charge is 2.23. The molecule has 1 aromatic carbocycles. The number of hydrogen-bond donors (Lipinski definition) is 1. The highest BCUT2D eigenvalue weighted by atomic mass is 14.9. The molecule has 1 aromatic rings. The Morgan fingerprint density at radius 2 is 2.06 bits per heavy atom. The molecule has 0 saturated heterocycles. The Balaban J connectivity index is 2.13. The summed E-state index contributed by atoms with van der Waals surface area (Å²) in [4.78, 5) is 0. The fraction of sp³-hybridized carbons (Fsp3) is 0.625. The Morgan fingerprint density at radius 3 is 2.82 bits per heavy atom. The van der Waals surface area contributed by atoms with E-state index in [4.69, 9.17) is 0 Å². The van der Waals surface area contributed by atoms with Crippen LogP contribution in [-0.2, 0) is 0 Å². The summed E-state index contributed by atoms with van der Waals surface area (Å²) in [7, 11) is 0. The third-order valence-corrected chi connectivity index (χ3v) is 4.25. The predicted molar refractivity (Wildman–Crippen MR) is 74.6 cm³/mol. The van der Waals surface area contributed by atoms with Crippen molar-refractivity contribution in [3.63, 3.8) is 0 Å². The minimum absolute atomic E-state index is 0.735. The minimum atomic E-state index is 0.735. The van der Waals surface area contributed by atoms with E-state index < -0.39 is 0 Å². The minimum Gasteiger partial charge on any atom is -0.314 e.